The van der Waals surface area contributed by atoms with Gasteiger partial charge in [0.15, 0.2) is 0 Å². The first-order valence-electron chi connectivity index (χ1n) is 18.5. The maximum Gasteiger partial charge on any atom is 0.0542 e. The summed E-state index contributed by atoms with van der Waals surface area (Å²) in [7, 11) is 0. The van der Waals surface area contributed by atoms with Gasteiger partial charge in [0.1, 0.15) is 0 Å². The van der Waals surface area contributed by atoms with E-state index in [1.807, 2.05) is 0 Å². The molecule has 0 aliphatic rings. The fourth-order valence-corrected chi connectivity index (χ4v) is 7.96. The molecule has 2 nitrogen and oxygen atoms in total. The lowest BCUT2D eigenvalue weighted by Crippen LogP contribution is -2.10. The van der Waals surface area contributed by atoms with Gasteiger partial charge in [-0.05, 0) is 117 Å². The standard InChI is InChI=1S/C52H36N2/c1-4-14-37(15-5-1)38-24-28-44(29-25-38)53(46-32-33-52-50(36-46)47-22-12-13-23-51(47)54(52)43-20-8-3-9-21-43)45-30-26-40(27-31-45)49-35-42-19-11-10-18-41(42)34-48(49)39-16-6-2-7-17-39/h1-36H. The van der Waals surface area contributed by atoms with E-state index >= 15 is 0 Å². The number of hydrogen-bond donors (Lipinski definition) is 0. The number of aromatic nitrogens is 1. The number of nitrogens with zero attached hydrogens (tertiary/aromatic N) is 2. The molecule has 0 amide bonds. The molecule has 0 radical (unpaired) electrons. The summed E-state index contributed by atoms with van der Waals surface area (Å²) in [4.78, 5) is 2.38. The molecule has 0 bridgehead atoms. The highest BCUT2D eigenvalue weighted by molar-refractivity contribution is 6.10. The van der Waals surface area contributed by atoms with E-state index in [1.54, 1.807) is 0 Å². The van der Waals surface area contributed by atoms with Crippen LogP contribution in [-0.2, 0) is 0 Å². The largest absolute Gasteiger partial charge is 0.310 e. The Morgan fingerprint density at radius 2 is 0.741 bits per heavy atom. The Labute approximate surface area is 315 Å². The molecule has 0 spiro atoms. The Hall–Kier alpha value is -7.16. The molecule has 0 aliphatic carbocycles. The summed E-state index contributed by atoms with van der Waals surface area (Å²) < 4.78 is 2.37. The molecule has 0 atom stereocenters. The van der Waals surface area contributed by atoms with Gasteiger partial charge in [-0.1, -0.05) is 146 Å². The first-order chi connectivity index (χ1) is 26.8. The third-order valence-corrected chi connectivity index (χ3v) is 10.6. The van der Waals surface area contributed by atoms with Gasteiger partial charge >= 0.3 is 0 Å². The summed E-state index contributed by atoms with van der Waals surface area (Å²) in [5.74, 6) is 0. The molecule has 54 heavy (non-hydrogen) atoms. The van der Waals surface area contributed by atoms with Crippen LogP contribution in [0.15, 0.2) is 218 Å². The molecular weight excluding hydrogens is 653 g/mol. The third kappa shape index (κ3) is 5.62. The van der Waals surface area contributed by atoms with Crippen LogP contribution >= 0.6 is 0 Å². The molecule has 0 unspecified atom stereocenters. The van der Waals surface area contributed by atoms with Gasteiger partial charge in [0.2, 0.25) is 0 Å². The van der Waals surface area contributed by atoms with Gasteiger partial charge in [-0.2, -0.15) is 0 Å². The topological polar surface area (TPSA) is 8.17 Å². The van der Waals surface area contributed by atoms with E-state index in [1.165, 1.54) is 66.0 Å². The molecule has 9 aromatic carbocycles. The Morgan fingerprint density at radius 1 is 0.296 bits per heavy atom. The number of fused-ring (bicyclic) bond motifs is 4. The fraction of sp³-hybridized carbons (Fsp3) is 0. The second-order valence-electron chi connectivity index (χ2n) is 13.8. The minimum atomic E-state index is 1.10. The average molecular weight is 689 g/mol. The Balaban J connectivity index is 1.13. The SMILES string of the molecule is c1ccc(-c2ccc(N(c3ccc(-c4cc5ccccc5cc4-c4ccccc4)cc3)c3ccc4c(c3)c3ccccc3n4-c3ccccc3)cc2)cc1. The molecule has 0 aliphatic heterocycles. The number of anilines is 3. The quantitative estimate of drug-likeness (QED) is 0.162. The van der Waals surface area contributed by atoms with E-state index in [-0.39, 0.29) is 0 Å². The zero-order chi connectivity index (χ0) is 35.8. The fourth-order valence-electron chi connectivity index (χ4n) is 7.96. The smallest absolute Gasteiger partial charge is 0.0542 e. The summed E-state index contributed by atoms with van der Waals surface area (Å²) in [6, 6.07) is 78.9. The van der Waals surface area contributed by atoms with E-state index in [2.05, 4.69) is 228 Å². The van der Waals surface area contributed by atoms with Gasteiger partial charge in [0, 0.05) is 33.5 Å². The van der Waals surface area contributed by atoms with Gasteiger partial charge < -0.3 is 9.47 Å². The van der Waals surface area contributed by atoms with Gasteiger partial charge in [-0.3, -0.25) is 0 Å². The zero-order valence-corrected chi connectivity index (χ0v) is 29.7. The Kier molecular flexibility index (Phi) is 7.85. The second kappa shape index (κ2) is 13.4. The molecule has 1 aromatic heterocycles. The van der Waals surface area contributed by atoms with E-state index in [4.69, 9.17) is 0 Å². The van der Waals surface area contributed by atoms with E-state index in [0.717, 1.165) is 22.7 Å². The molecule has 10 rings (SSSR count). The first kappa shape index (κ1) is 31.6. The van der Waals surface area contributed by atoms with Crippen LogP contribution in [0.25, 0.3) is 71.6 Å². The van der Waals surface area contributed by atoms with Crippen molar-refractivity contribution in [2.45, 2.75) is 0 Å². The molecule has 0 saturated carbocycles. The highest BCUT2D eigenvalue weighted by Gasteiger charge is 2.18. The van der Waals surface area contributed by atoms with Gasteiger partial charge in [0.25, 0.3) is 0 Å². The summed E-state index contributed by atoms with van der Waals surface area (Å²) in [6.45, 7) is 0. The van der Waals surface area contributed by atoms with Crippen molar-refractivity contribution in [3.63, 3.8) is 0 Å². The summed E-state index contributed by atoms with van der Waals surface area (Å²) >= 11 is 0. The number of rotatable bonds is 7. The van der Waals surface area contributed by atoms with Crippen LogP contribution in [0.1, 0.15) is 0 Å². The molecule has 0 N–H and O–H groups in total. The van der Waals surface area contributed by atoms with Crippen molar-refractivity contribution in [2.75, 3.05) is 4.90 Å². The maximum atomic E-state index is 2.38. The Bertz CT molecular complexity index is 2890. The van der Waals surface area contributed by atoms with E-state index < -0.39 is 0 Å². The second-order valence-corrected chi connectivity index (χ2v) is 13.8. The van der Waals surface area contributed by atoms with Crippen molar-refractivity contribution < 1.29 is 0 Å². The number of hydrogen-bond acceptors (Lipinski definition) is 1. The van der Waals surface area contributed by atoms with E-state index in [0.29, 0.717) is 0 Å². The van der Waals surface area contributed by atoms with Crippen molar-refractivity contribution in [2.24, 2.45) is 0 Å². The maximum absolute atomic E-state index is 2.38. The van der Waals surface area contributed by atoms with Crippen LogP contribution in [0, 0.1) is 0 Å². The molecule has 1 heterocycles. The highest BCUT2D eigenvalue weighted by Crippen LogP contribution is 2.42. The first-order valence-corrected chi connectivity index (χ1v) is 18.5. The van der Waals surface area contributed by atoms with Crippen LogP contribution in [0.3, 0.4) is 0 Å². The minimum Gasteiger partial charge on any atom is -0.310 e. The summed E-state index contributed by atoms with van der Waals surface area (Å²) in [5.41, 5.74) is 14.1. The van der Waals surface area contributed by atoms with Crippen molar-refractivity contribution in [1.82, 2.24) is 4.57 Å². The lowest BCUT2D eigenvalue weighted by atomic mass is 9.91. The van der Waals surface area contributed by atoms with Crippen molar-refractivity contribution >= 4 is 49.6 Å². The highest BCUT2D eigenvalue weighted by atomic mass is 15.1. The molecular formula is C52H36N2. The van der Waals surface area contributed by atoms with Crippen molar-refractivity contribution in [1.29, 1.82) is 0 Å². The monoisotopic (exact) mass is 688 g/mol. The lowest BCUT2D eigenvalue weighted by Gasteiger charge is -2.26. The zero-order valence-electron chi connectivity index (χ0n) is 29.7. The van der Waals surface area contributed by atoms with Gasteiger partial charge in [0.05, 0.1) is 11.0 Å². The summed E-state index contributed by atoms with van der Waals surface area (Å²) in [5, 5.41) is 4.93. The van der Waals surface area contributed by atoms with Crippen LogP contribution in [-0.4, -0.2) is 4.57 Å². The molecule has 0 saturated heterocycles. The number of benzene rings is 9. The van der Waals surface area contributed by atoms with Crippen LogP contribution in [0.5, 0.6) is 0 Å². The average Bonchev–Trinajstić information content (AvgIpc) is 3.58. The predicted molar refractivity (Wildman–Crippen MR) is 229 cm³/mol. The number of para-hydroxylation sites is 2. The van der Waals surface area contributed by atoms with Crippen LogP contribution in [0.2, 0.25) is 0 Å². The summed E-state index contributed by atoms with van der Waals surface area (Å²) in [6.07, 6.45) is 0. The minimum absolute atomic E-state index is 1.10. The lowest BCUT2D eigenvalue weighted by molar-refractivity contribution is 1.18. The third-order valence-electron chi connectivity index (χ3n) is 10.6. The van der Waals surface area contributed by atoms with Gasteiger partial charge in [-0.25, -0.2) is 0 Å². The predicted octanol–water partition coefficient (Wildman–Crippen LogP) is 14.4. The van der Waals surface area contributed by atoms with Crippen LogP contribution < -0.4 is 4.90 Å². The van der Waals surface area contributed by atoms with Gasteiger partial charge in [-0.15, -0.1) is 0 Å². The van der Waals surface area contributed by atoms with Crippen molar-refractivity contribution in [3.05, 3.63) is 218 Å². The molecule has 0 fully saturated rings. The normalized spacial score (nSPS) is 11.3. The van der Waals surface area contributed by atoms with E-state index in [9.17, 15) is 0 Å². The molecule has 2 heteroatoms. The van der Waals surface area contributed by atoms with Crippen LogP contribution in [0.4, 0.5) is 17.1 Å². The van der Waals surface area contributed by atoms with Crippen molar-refractivity contribution in [3.8, 4) is 39.1 Å². The molecule has 10 aromatic rings. The molecule has 254 valence electrons. The Morgan fingerprint density at radius 3 is 1.37 bits per heavy atom.